The molecule has 1 aromatic rings. The first kappa shape index (κ1) is 12.5. The van der Waals surface area contributed by atoms with Gasteiger partial charge in [-0.2, -0.15) is 0 Å². The monoisotopic (exact) mass is 263 g/mol. The summed E-state index contributed by atoms with van der Waals surface area (Å²) in [6, 6.07) is 4.48. The van der Waals surface area contributed by atoms with Gasteiger partial charge in [0.1, 0.15) is 0 Å². The van der Waals surface area contributed by atoms with E-state index in [1.165, 1.54) is 36.8 Å². The lowest BCUT2D eigenvalue weighted by Gasteiger charge is -2.29. The molecule has 0 heterocycles. The lowest BCUT2D eigenvalue weighted by Crippen LogP contribution is -2.26. The van der Waals surface area contributed by atoms with Gasteiger partial charge in [0, 0.05) is 11.1 Å². The maximum Gasteiger partial charge on any atom is 0.0438 e. The molecule has 2 saturated carbocycles. The number of halogens is 1. The minimum Gasteiger partial charge on any atom is -0.324 e. The summed E-state index contributed by atoms with van der Waals surface area (Å²) in [5, 5.41) is 0.858. The molecule has 0 saturated heterocycles. The van der Waals surface area contributed by atoms with Crippen LogP contribution in [0.15, 0.2) is 12.1 Å². The minimum atomic E-state index is 0.205. The number of nitrogens with two attached hydrogens (primary N) is 1. The molecule has 2 heteroatoms. The Labute approximate surface area is 115 Å². The Morgan fingerprint density at radius 1 is 1.17 bits per heavy atom. The average molecular weight is 264 g/mol. The Hall–Kier alpha value is -0.530. The zero-order chi connectivity index (χ0) is 12.9. The molecule has 0 amide bonds. The van der Waals surface area contributed by atoms with Crippen molar-refractivity contribution in [2.75, 3.05) is 0 Å². The molecular formula is C16H22ClN. The summed E-state index contributed by atoms with van der Waals surface area (Å²) in [6.07, 6.45) is 5.60. The summed E-state index contributed by atoms with van der Waals surface area (Å²) >= 11 is 6.17. The summed E-state index contributed by atoms with van der Waals surface area (Å²) in [5.41, 5.74) is 10.3. The molecule has 2 fully saturated rings. The first-order valence-corrected chi connectivity index (χ1v) is 7.46. The molecule has 0 aliphatic heterocycles. The molecule has 4 unspecified atom stereocenters. The van der Waals surface area contributed by atoms with Gasteiger partial charge in [-0.1, -0.05) is 24.1 Å². The highest BCUT2D eigenvalue weighted by Gasteiger charge is 2.42. The molecule has 0 aromatic heterocycles. The van der Waals surface area contributed by atoms with Crippen LogP contribution in [-0.4, -0.2) is 0 Å². The largest absolute Gasteiger partial charge is 0.324 e. The quantitative estimate of drug-likeness (QED) is 0.841. The Balaban J connectivity index is 1.88. The van der Waals surface area contributed by atoms with E-state index in [9.17, 15) is 0 Å². The molecule has 0 radical (unpaired) electrons. The number of benzene rings is 1. The van der Waals surface area contributed by atoms with Gasteiger partial charge < -0.3 is 5.73 Å². The van der Waals surface area contributed by atoms with E-state index in [1.807, 2.05) is 0 Å². The van der Waals surface area contributed by atoms with Gasteiger partial charge in [0.25, 0.3) is 0 Å². The maximum absolute atomic E-state index is 6.56. The van der Waals surface area contributed by atoms with Crippen LogP contribution in [0.1, 0.15) is 48.4 Å². The van der Waals surface area contributed by atoms with Crippen molar-refractivity contribution in [1.82, 2.24) is 0 Å². The van der Waals surface area contributed by atoms with Crippen LogP contribution in [0.5, 0.6) is 0 Å². The first-order valence-electron chi connectivity index (χ1n) is 7.08. The molecule has 2 N–H and O–H groups in total. The van der Waals surface area contributed by atoms with Crippen LogP contribution in [0, 0.1) is 31.6 Å². The average Bonchev–Trinajstić information content (AvgIpc) is 2.95. The fraction of sp³-hybridized carbons (Fsp3) is 0.625. The Bertz CT molecular complexity index is 468. The lowest BCUT2D eigenvalue weighted by molar-refractivity contribution is 0.284. The van der Waals surface area contributed by atoms with E-state index in [0.29, 0.717) is 5.92 Å². The number of hydrogen-bond donors (Lipinski definition) is 1. The van der Waals surface area contributed by atoms with Gasteiger partial charge in [0.05, 0.1) is 0 Å². The molecule has 2 aliphatic rings. The Kier molecular flexibility index (Phi) is 3.15. The zero-order valence-corrected chi connectivity index (χ0v) is 12.0. The normalized spacial score (nSPS) is 31.9. The fourth-order valence-electron chi connectivity index (χ4n) is 4.13. The molecule has 3 rings (SSSR count). The molecular weight excluding hydrogens is 242 g/mol. The third kappa shape index (κ3) is 1.98. The van der Waals surface area contributed by atoms with Crippen molar-refractivity contribution in [3.05, 3.63) is 33.8 Å². The first-order chi connectivity index (χ1) is 8.56. The minimum absolute atomic E-state index is 0.205. The molecule has 1 aromatic carbocycles. The zero-order valence-electron chi connectivity index (χ0n) is 11.2. The highest BCUT2D eigenvalue weighted by Crippen LogP contribution is 2.52. The van der Waals surface area contributed by atoms with Crippen molar-refractivity contribution < 1.29 is 0 Å². The van der Waals surface area contributed by atoms with Gasteiger partial charge in [-0.15, -0.1) is 0 Å². The van der Waals surface area contributed by atoms with Gasteiger partial charge >= 0.3 is 0 Å². The fourth-order valence-corrected chi connectivity index (χ4v) is 4.35. The molecule has 2 bridgehead atoms. The second-order valence-electron chi connectivity index (χ2n) is 6.32. The van der Waals surface area contributed by atoms with Crippen molar-refractivity contribution in [1.29, 1.82) is 0 Å². The van der Waals surface area contributed by atoms with Crippen LogP contribution in [0.2, 0.25) is 5.02 Å². The highest BCUT2D eigenvalue weighted by molar-refractivity contribution is 6.31. The van der Waals surface area contributed by atoms with Gasteiger partial charge in [-0.25, -0.2) is 0 Å². The van der Waals surface area contributed by atoms with Crippen LogP contribution in [0.25, 0.3) is 0 Å². The second-order valence-corrected chi connectivity index (χ2v) is 6.73. The van der Waals surface area contributed by atoms with Crippen molar-refractivity contribution in [2.24, 2.45) is 23.5 Å². The third-order valence-electron chi connectivity index (χ3n) is 5.16. The van der Waals surface area contributed by atoms with E-state index in [-0.39, 0.29) is 6.04 Å². The third-order valence-corrected chi connectivity index (χ3v) is 5.57. The summed E-state index contributed by atoms with van der Waals surface area (Å²) in [4.78, 5) is 0. The van der Waals surface area contributed by atoms with Crippen LogP contribution in [0.3, 0.4) is 0 Å². The molecule has 0 spiro atoms. The SMILES string of the molecule is Cc1cc(C(N)C2CC3CCC2C3)c(C)cc1Cl. The van der Waals surface area contributed by atoms with E-state index in [4.69, 9.17) is 17.3 Å². The maximum atomic E-state index is 6.56. The summed E-state index contributed by atoms with van der Waals surface area (Å²) < 4.78 is 0. The summed E-state index contributed by atoms with van der Waals surface area (Å²) in [6.45, 7) is 4.20. The van der Waals surface area contributed by atoms with Gasteiger partial charge in [-0.3, -0.25) is 0 Å². The van der Waals surface area contributed by atoms with E-state index < -0.39 is 0 Å². The van der Waals surface area contributed by atoms with Crippen molar-refractivity contribution in [3.8, 4) is 0 Å². The van der Waals surface area contributed by atoms with Crippen LogP contribution in [-0.2, 0) is 0 Å². The van der Waals surface area contributed by atoms with E-state index in [2.05, 4.69) is 26.0 Å². The topological polar surface area (TPSA) is 26.0 Å². The number of hydrogen-bond acceptors (Lipinski definition) is 1. The van der Waals surface area contributed by atoms with E-state index >= 15 is 0 Å². The second kappa shape index (κ2) is 4.54. The van der Waals surface area contributed by atoms with Crippen LogP contribution in [0.4, 0.5) is 0 Å². The van der Waals surface area contributed by atoms with Crippen LogP contribution < -0.4 is 5.73 Å². The summed E-state index contributed by atoms with van der Waals surface area (Å²) in [5.74, 6) is 2.53. The smallest absolute Gasteiger partial charge is 0.0438 e. The van der Waals surface area contributed by atoms with Crippen molar-refractivity contribution in [3.63, 3.8) is 0 Å². The van der Waals surface area contributed by atoms with Gasteiger partial charge in [0.2, 0.25) is 0 Å². The van der Waals surface area contributed by atoms with E-state index in [0.717, 1.165) is 22.4 Å². The molecule has 1 nitrogen and oxygen atoms in total. The summed E-state index contributed by atoms with van der Waals surface area (Å²) in [7, 11) is 0. The lowest BCUT2D eigenvalue weighted by atomic mass is 9.79. The van der Waals surface area contributed by atoms with Crippen molar-refractivity contribution >= 4 is 11.6 Å². The standard InChI is InChI=1S/C16H22ClN/c1-9-6-15(17)10(2)5-13(9)16(18)14-8-11-3-4-12(14)7-11/h5-6,11-12,14,16H,3-4,7-8,18H2,1-2H3. The predicted molar refractivity (Wildman–Crippen MR) is 76.8 cm³/mol. The Morgan fingerprint density at radius 2 is 1.94 bits per heavy atom. The number of rotatable bonds is 2. The molecule has 18 heavy (non-hydrogen) atoms. The number of aryl methyl sites for hydroxylation is 2. The molecule has 4 atom stereocenters. The highest BCUT2D eigenvalue weighted by atomic mass is 35.5. The van der Waals surface area contributed by atoms with Crippen LogP contribution >= 0.6 is 11.6 Å². The molecule has 2 aliphatic carbocycles. The van der Waals surface area contributed by atoms with Crippen molar-refractivity contribution in [2.45, 2.75) is 45.6 Å². The van der Waals surface area contributed by atoms with E-state index in [1.54, 1.807) is 0 Å². The van der Waals surface area contributed by atoms with Gasteiger partial charge in [0.15, 0.2) is 0 Å². The molecule has 98 valence electrons. The Morgan fingerprint density at radius 3 is 2.56 bits per heavy atom. The number of fused-ring (bicyclic) bond motifs is 2. The predicted octanol–water partition coefficient (Wildman–Crippen LogP) is 4.39. The van der Waals surface area contributed by atoms with Gasteiger partial charge in [-0.05, 0) is 73.6 Å².